The summed E-state index contributed by atoms with van der Waals surface area (Å²) in [7, 11) is 0. The zero-order valence-corrected chi connectivity index (χ0v) is 13.6. The Bertz CT molecular complexity index is 541. The summed E-state index contributed by atoms with van der Waals surface area (Å²) in [6.07, 6.45) is 10.5. The van der Waals surface area contributed by atoms with E-state index in [1.165, 1.54) is 32.1 Å². The van der Waals surface area contributed by atoms with Crippen LogP contribution < -0.4 is 10.6 Å². The predicted octanol–water partition coefficient (Wildman–Crippen LogP) is 3.88. The summed E-state index contributed by atoms with van der Waals surface area (Å²) in [5, 5.41) is 6.06. The standard InChI is InChI=1S/C19H26N2O2/c22-18(14-8-9-14)21-17-12-10-15(11-13-17)19(23)20-16-6-4-2-1-3-5-7-16/h10-14,16H,1-9H2,(H,20,23)(H,21,22). The average Bonchev–Trinajstić information content (AvgIpc) is 3.35. The highest BCUT2D eigenvalue weighted by Gasteiger charge is 2.29. The van der Waals surface area contributed by atoms with Crippen LogP contribution in [0.15, 0.2) is 24.3 Å². The van der Waals surface area contributed by atoms with Gasteiger partial charge in [0.15, 0.2) is 0 Å². The Morgan fingerprint density at radius 1 is 0.826 bits per heavy atom. The molecule has 2 amide bonds. The van der Waals surface area contributed by atoms with Crippen LogP contribution in [0.4, 0.5) is 5.69 Å². The molecule has 23 heavy (non-hydrogen) atoms. The van der Waals surface area contributed by atoms with Gasteiger partial charge in [-0.2, -0.15) is 0 Å². The summed E-state index contributed by atoms with van der Waals surface area (Å²) in [5.41, 5.74) is 1.43. The van der Waals surface area contributed by atoms with Gasteiger partial charge in [-0.15, -0.1) is 0 Å². The molecule has 0 saturated heterocycles. The first-order chi connectivity index (χ1) is 11.2. The van der Waals surface area contributed by atoms with Gasteiger partial charge in [0, 0.05) is 23.2 Å². The maximum absolute atomic E-state index is 12.4. The molecule has 4 heteroatoms. The van der Waals surface area contributed by atoms with Gasteiger partial charge >= 0.3 is 0 Å². The molecule has 2 aliphatic rings. The van der Waals surface area contributed by atoms with Crippen molar-refractivity contribution in [2.75, 3.05) is 5.32 Å². The Balaban J connectivity index is 1.52. The Labute approximate surface area is 138 Å². The number of hydrogen-bond donors (Lipinski definition) is 2. The van der Waals surface area contributed by atoms with Crippen LogP contribution in [0.2, 0.25) is 0 Å². The monoisotopic (exact) mass is 314 g/mol. The van der Waals surface area contributed by atoms with Gasteiger partial charge in [-0.1, -0.05) is 32.1 Å². The largest absolute Gasteiger partial charge is 0.349 e. The quantitative estimate of drug-likeness (QED) is 0.886. The highest BCUT2D eigenvalue weighted by atomic mass is 16.2. The van der Waals surface area contributed by atoms with Gasteiger partial charge in [0.2, 0.25) is 5.91 Å². The van der Waals surface area contributed by atoms with Crippen LogP contribution in [0.5, 0.6) is 0 Å². The molecule has 2 aliphatic carbocycles. The van der Waals surface area contributed by atoms with Crippen molar-refractivity contribution < 1.29 is 9.59 Å². The van der Waals surface area contributed by atoms with Gasteiger partial charge in [-0.05, 0) is 49.9 Å². The number of hydrogen-bond acceptors (Lipinski definition) is 2. The summed E-state index contributed by atoms with van der Waals surface area (Å²) in [6.45, 7) is 0. The molecule has 0 aliphatic heterocycles. The first-order valence-electron chi connectivity index (χ1n) is 8.94. The van der Waals surface area contributed by atoms with E-state index in [4.69, 9.17) is 0 Å². The first-order valence-corrected chi connectivity index (χ1v) is 8.94. The van der Waals surface area contributed by atoms with Crippen LogP contribution in [-0.2, 0) is 4.79 Å². The summed E-state index contributed by atoms with van der Waals surface area (Å²) in [5.74, 6) is 0.282. The molecule has 0 heterocycles. The van der Waals surface area contributed by atoms with E-state index >= 15 is 0 Å². The zero-order chi connectivity index (χ0) is 16.1. The smallest absolute Gasteiger partial charge is 0.251 e. The number of anilines is 1. The summed E-state index contributed by atoms with van der Waals surface area (Å²) in [6, 6.07) is 7.51. The molecule has 0 aromatic heterocycles. The van der Waals surface area contributed by atoms with E-state index in [9.17, 15) is 9.59 Å². The molecule has 0 radical (unpaired) electrons. The molecule has 0 spiro atoms. The highest BCUT2D eigenvalue weighted by Crippen LogP contribution is 2.30. The third kappa shape index (κ3) is 4.81. The molecular weight excluding hydrogens is 288 g/mol. The molecule has 2 N–H and O–H groups in total. The van der Waals surface area contributed by atoms with Crippen molar-refractivity contribution in [2.45, 2.75) is 63.8 Å². The van der Waals surface area contributed by atoms with Crippen LogP contribution in [-0.4, -0.2) is 17.9 Å². The van der Waals surface area contributed by atoms with Gasteiger partial charge < -0.3 is 10.6 Å². The van der Waals surface area contributed by atoms with Crippen molar-refractivity contribution in [3.05, 3.63) is 29.8 Å². The lowest BCUT2D eigenvalue weighted by molar-refractivity contribution is -0.117. The van der Waals surface area contributed by atoms with E-state index in [0.29, 0.717) is 11.6 Å². The van der Waals surface area contributed by atoms with Crippen LogP contribution in [0, 0.1) is 5.92 Å². The zero-order valence-electron chi connectivity index (χ0n) is 13.6. The summed E-state index contributed by atoms with van der Waals surface area (Å²) < 4.78 is 0. The van der Waals surface area contributed by atoms with Crippen molar-refractivity contribution in [1.29, 1.82) is 0 Å². The third-order valence-electron chi connectivity index (χ3n) is 4.80. The Morgan fingerprint density at radius 2 is 1.43 bits per heavy atom. The Kier molecular flexibility index (Phi) is 5.31. The summed E-state index contributed by atoms with van der Waals surface area (Å²) >= 11 is 0. The molecule has 0 atom stereocenters. The van der Waals surface area contributed by atoms with E-state index in [2.05, 4.69) is 10.6 Å². The molecule has 3 rings (SSSR count). The van der Waals surface area contributed by atoms with Crippen molar-refractivity contribution in [3.63, 3.8) is 0 Å². The molecule has 2 saturated carbocycles. The normalized spacial score (nSPS) is 19.5. The molecule has 4 nitrogen and oxygen atoms in total. The van der Waals surface area contributed by atoms with Gasteiger partial charge in [-0.25, -0.2) is 0 Å². The van der Waals surface area contributed by atoms with E-state index < -0.39 is 0 Å². The lowest BCUT2D eigenvalue weighted by Crippen LogP contribution is -2.35. The topological polar surface area (TPSA) is 58.2 Å². The number of nitrogens with one attached hydrogen (secondary N) is 2. The fraction of sp³-hybridized carbons (Fsp3) is 0.579. The molecule has 0 bridgehead atoms. The minimum Gasteiger partial charge on any atom is -0.349 e. The second-order valence-electron chi connectivity index (χ2n) is 6.86. The van der Waals surface area contributed by atoms with Gasteiger partial charge in [0.25, 0.3) is 5.91 Å². The number of amides is 2. The highest BCUT2D eigenvalue weighted by molar-refractivity contribution is 5.96. The molecular formula is C19H26N2O2. The molecule has 124 valence electrons. The molecule has 1 aromatic rings. The van der Waals surface area contributed by atoms with Gasteiger partial charge in [0.05, 0.1) is 0 Å². The fourth-order valence-corrected chi connectivity index (χ4v) is 3.16. The average molecular weight is 314 g/mol. The second kappa shape index (κ2) is 7.62. The maximum atomic E-state index is 12.4. The van der Waals surface area contributed by atoms with Crippen molar-refractivity contribution in [2.24, 2.45) is 5.92 Å². The second-order valence-corrected chi connectivity index (χ2v) is 6.86. The fourth-order valence-electron chi connectivity index (χ4n) is 3.16. The lowest BCUT2D eigenvalue weighted by Gasteiger charge is -2.21. The van der Waals surface area contributed by atoms with Crippen LogP contribution in [0.25, 0.3) is 0 Å². The maximum Gasteiger partial charge on any atom is 0.251 e. The van der Waals surface area contributed by atoms with E-state index in [1.807, 2.05) is 12.1 Å². The number of carbonyl (C=O) groups is 2. The Morgan fingerprint density at radius 3 is 2.04 bits per heavy atom. The van der Waals surface area contributed by atoms with Crippen molar-refractivity contribution in [3.8, 4) is 0 Å². The number of benzene rings is 1. The van der Waals surface area contributed by atoms with Gasteiger partial charge in [0.1, 0.15) is 0 Å². The van der Waals surface area contributed by atoms with Crippen LogP contribution in [0.1, 0.15) is 68.1 Å². The summed E-state index contributed by atoms with van der Waals surface area (Å²) in [4.78, 5) is 24.1. The van der Waals surface area contributed by atoms with E-state index in [1.54, 1.807) is 12.1 Å². The minimum atomic E-state index is -0.00403. The number of rotatable bonds is 4. The van der Waals surface area contributed by atoms with Crippen molar-refractivity contribution in [1.82, 2.24) is 5.32 Å². The first kappa shape index (κ1) is 16.0. The molecule has 0 unspecified atom stereocenters. The number of carbonyl (C=O) groups excluding carboxylic acids is 2. The Hall–Kier alpha value is -1.84. The van der Waals surface area contributed by atoms with Crippen molar-refractivity contribution >= 4 is 17.5 Å². The van der Waals surface area contributed by atoms with E-state index in [0.717, 1.165) is 31.4 Å². The lowest BCUT2D eigenvalue weighted by atomic mass is 9.96. The molecule has 1 aromatic carbocycles. The molecule has 2 fully saturated rings. The van der Waals surface area contributed by atoms with E-state index in [-0.39, 0.29) is 17.7 Å². The van der Waals surface area contributed by atoms with Crippen LogP contribution >= 0.6 is 0 Å². The third-order valence-corrected chi connectivity index (χ3v) is 4.80. The minimum absolute atomic E-state index is 0.00403. The van der Waals surface area contributed by atoms with Crippen LogP contribution in [0.3, 0.4) is 0 Å². The SMILES string of the molecule is O=C(NC1CCCCCCC1)c1ccc(NC(=O)C2CC2)cc1. The van der Waals surface area contributed by atoms with Gasteiger partial charge in [-0.3, -0.25) is 9.59 Å². The predicted molar refractivity (Wildman–Crippen MR) is 91.4 cm³/mol.